The molecule has 0 aliphatic carbocycles. The summed E-state index contributed by atoms with van der Waals surface area (Å²) in [5, 5.41) is 0. The molecule has 0 fully saturated rings. The fraction of sp³-hybridized carbons (Fsp3) is 0.286. The second kappa shape index (κ2) is 7.31. The molecule has 0 aliphatic rings. The third-order valence-corrected chi connectivity index (χ3v) is 2.73. The van der Waals surface area contributed by atoms with Crippen molar-refractivity contribution in [2.75, 3.05) is 0 Å². The van der Waals surface area contributed by atoms with Crippen LogP contribution in [0, 0.1) is 11.8 Å². The Bertz CT molecular complexity index is 380. The average molecular weight is 263 g/mol. The number of allylic oxidation sites excluding steroid dienone is 1. The van der Waals surface area contributed by atoms with Gasteiger partial charge in [-0.15, -0.1) is 0 Å². The Morgan fingerprint density at radius 3 is 2.87 bits per heavy atom. The summed E-state index contributed by atoms with van der Waals surface area (Å²) in [5.41, 5.74) is 1.17. The summed E-state index contributed by atoms with van der Waals surface area (Å²) >= 11 is 3.49. The van der Waals surface area contributed by atoms with Crippen molar-refractivity contribution in [1.29, 1.82) is 0 Å². The van der Waals surface area contributed by atoms with E-state index in [-0.39, 0.29) is 0 Å². The summed E-state index contributed by atoms with van der Waals surface area (Å²) < 4.78 is 1.11. The molecule has 78 valence electrons. The Morgan fingerprint density at radius 2 is 2.13 bits per heavy atom. The second-order valence-corrected chi connectivity index (χ2v) is 4.13. The Hall–Kier alpha value is -1.00. The van der Waals surface area contributed by atoms with Gasteiger partial charge in [-0.25, -0.2) is 0 Å². The van der Waals surface area contributed by atoms with Gasteiger partial charge in [0, 0.05) is 10.9 Å². The number of hydrogen-bond acceptors (Lipinski definition) is 0. The number of hydrogen-bond donors (Lipinski definition) is 0. The lowest BCUT2D eigenvalue weighted by atomic mass is 10.2. The average Bonchev–Trinajstić information content (AvgIpc) is 2.25. The SMILES string of the molecule is CCCCC#C/C=C\c1ccccc1Br. The third-order valence-electron chi connectivity index (χ3n) is 2.01. The predicted molar refractivity (Wildman–Crippen MR) is 70.5 cm³/mol. The number of unbranched alkanes of at least 4 members (excludes halogenated alkanes) is 2. The molecule has 0 heterocycles. The largest absolute Gasteiger partial charge is 0.0985 e. The van der Waals surface area contributed by atoms with Gasteiger partial charge in [-0.2, -0.15) is 0 Å². The summed E-state index contributed by atoms with van der Waals surface area (Å²) in [5.74, 6) is 6.17. The molecule has 0 nitrogen and oxygen atoms in total. The molecule has 0 saturated heterocycles. The van der Waals surface area contributed by atoms with E-state index in [1.54, 1.807) is 0 Å². The van der Waals surface area contributed by atoms with Crippen LogP contribution in [-0.2, 0) is 0 Å². The number of halogens is 1. The first-order chi connectivity index (χ1) is 7.34. The molecule has 0 spiro atoms. The Balaban J connectivity index is 2.50. The summed E-state index contributed by atoms with van der Waals surface area (Å²) in [7, 11) is 0. The first-order valence-corrected chi connectivity index (χ1v) is 6.03. The Labute approximate surface area is 101 Å². The monoisotopic (exact) mass is 262 g/mol. The summed E-state index contributed by atoms with van der Waals surface area (Å²) in [6.07, 6.45) is 7.34. The first-order valence-electron chi connectivity index (χ1n) is 5.24. The molecule has 1 heteroatoms. The van der Waals surface area contributed by atoms with E-state index in [0.717, 1.165) is 10.9 Å². The molecule has 0 amide bonds. The molecule has 1 rings (SSSR count). The molecule has 0 N–H and O–H groups in total. The van der Waals surface area contributed by atoms with E-state index in [2.05, 4.69) is 40.8 Å². The van der Waals surface area contributed by atoms with Gasteiger partial charge in [0.25, 0.3) is 0 Å². The van der Waals surface area contributed by atoms with Gasteiger partial charge in [-0.05, 0) is 30.2 Å². The maximum atomic E-state index is 3.49. The molecule has 1 aromatic carbocycles. The molecule has 0 aromatic heterocycles. The van der Waals surface area contributed by atoms with Gasteiger partial charge >= 0.3 is 0 Å². The highest BCUT2D eigenvalue weighted by Crippen LogP contribution is 2.16. The molecule has 0 saturated carbocycles. The van der Waals surface area contributed by atoms with E-state index in [1.165, 1.54) is 18.4 Å². The molecular formula is C14H15Br. The van der Waals surface area contributed by atoms with Crippen LogP contribution in [0.1, 0.15) is 31.7 Å². The van der Waals surface area contributed by atoms with Crippen molar-refractivity contribution < 1.29 is 0 Å². The molecule has 0 unspecified atom stereocenters. The van der Waals surface area contributed by atoms with Crippen molar-refractivity contribution in [3.8, 4) is 11.8 Å². The minimum Gasteiger partial charge on any atom is -0.0985 e. The highest BCUT2D eigenvalue weighted by molar-refractivity contribution is 9.10. The standard InChI is InChI=1S/C14H15Br/c1-2-3-4-5-6-7-10-13-11-8-9-12-14(13)15/h7-12H,2-4H2,1H3/b10-7-. The van der Waals surface area contributed by atoms with Crippen molar-refractivity contribution in [3.05, 3.63) is 40.4 Å². The van der Waals surface area contributed by atoms with Crippen LogP contribution in [0.5, 0.6) is 0 Å². The van der Waals surface area contributed by atoms with E-state index in [1.807, 2.05) is 30.4 Å². The zero-order valence-electron chi connectivity index (χ0n) is 8.96. The van der Waals surface area contributed by atoms with Crippen LogP contribution in [0.25, 0.3) is 6.08 Å². The molecule has 15 heavy (non-hydrogen) atoms. The minimum absolute atomic E-state index is 0.997. The van der Waals surface area contributed by atoms with Gasteiger partial charge in [-0.3, -0.25) is 0 Å². The van der Waals surface area contributed by atoms with Crippen molar-refractivity contribution in [2.24, 2.45) is 0 Å². The van der Waals surface area contributed by atoms with Gasteiger partial charge in [-0.1, -0.05) is 59.3 Å². The van der Waals surface area contributed by atoms with E-state index >= 15 is 0 Å². The van der Waals surface area contributed by atoms with E-state index in [4.69, 9.17) is 0 Å². The number of benzene rings is 1. The van der Waals surface area contributed by atoms with Crippen LogP contribution >= 0.6 is 15.9 Å². The predicted octanol–water partition coefficient (Wildman–Crippen LogP) is 4.66. The van der Waals surface area contributed by atoms with Crippen molar-refractivity contribution in [1.82, 2.24) is 0 Å². The molecular weight excluding hydrogens is 248 g/mol. The van der Waals surface area contributed by atoms with Crippen LogP contribution in [0.2, 0.25) is 0 Å². The van der Waals surface area contributed by atoms with Gasteiger partial charge in [0.15, 0.2) is 0 Å². The lowest BCUT2D eigenvalue weighted by molar-refractivity contribution is 0.828. The smallest absolute Gasteiger partial charge is 0.0247 e. The van der Waals surface area contributed by atoms with E-state index in [0.29, 0.717) is 0 Å². The Morgan fingerprint density at radius 1 is 1.33 bits per heavy atom. The molecule has 1 aromatic rings. The fourth-order valence-electron chi connectivity index (χ4n) is 1.14. The van der Waals surface area contributed by atoms with Gasteiger partial charge in [0.1, 0.15) is 0 Å². The minimum atomic E-state index is 0.997. The van der Waals surface area contributed by atoms with Gasteiger partial charge < -0.3 is 0 Å². The molecule has 0 atom stereocenters. The van der Waals surface area contributed by atoms with Crippen LogP contribution in [-0.4, -0.2) is 0 Å². The zero-order chi connectivity index (χ0) is 10.9. The lowest BCUT2D eigenvalue weighted by Gasteiger charge is -1.94. The quantitative estimate of drug-likeness (QED) is 0.549. The van der Waals surface area contributed by atoms with Crippen LogP contribution in [0.3, 0.4) is 0 Å². The second-order valence-electron chi connectivity index (χ2n) is 3.28. The van der Waals surface area contributed by atoms with Gasteiger partial charge in [0.05, 0.1) is 0 Å². The van der Waals surface area contributed by atoms with Crippen molar-refractivity contribution >= 4 is 22.0 Å². The fourth-order valence-corrected chi connectivity index (χ4v) is 1.55. The normalized spacial score (nSPS) is 10.0. The van der Waals surface area contributed by atoms with E-state index < -0.39 is 0 Å². The summed E-state index contributed by atoms with van der Waals surface area (Å²) in [6.45, 7) is 2.18. The first kappa shape index (κ1) is 12.1. The van der Waals surface area contributed by atoms with Crippen molar-refractivity contribution in [3.63, 3.8) is 0 Å². The Kier molecular flexibility index (Phi) is 5.88. The third kappa shape index (κ3) is 4.85. The highest BCUT2D eigenvalue weighted by atomic mass is 79.9. The summed E-state index contributed by atoms with van der Waals surface area (Å²) in [6, 6.07) is 8.13. The maximum absolute atomic E-state index is 3.49. The molecule has 0 bridgehead atoms. The lowest BCUT2D eigenvalue weighted by Crippen LogP contribution is -1.72. The zero-order valence-corrected chi connectivity index (χ0v) is 10.5. The van der Waals surface area contributed by atoms with E-state index in [9.17, 15) is 0 Å². The van der Waals surface area contributed by atoms with Crippen LogP contribution in [0.15, 0.2) is 34.8 Å². The topological polar surface area (TPSA) is 0 Å². The number of rotatable bonds is 3. The van der Waals surface area contributed by atoms with Crippen molar-refractivity contribution in [2.45, 2.75) is 26.2 Å². The van der Waals surface area contributed by atoms with Crippen LogP contribution < -0.4 is 0 Å². The maximum Gasteiger partial charge on any atom is 0.0247 e. The summed E-state index contributed by atoms with van der Waals surface area (Å²) in [4.78, 5) is 0. The highest BCUT2D eigenvalue weighted by Gasteiger charge is 1.90. The molecule has 0 radical (unpaired) electrons. The molecule has 0 aliphatic heterocycles. The van der Waals surface area contributed by atoms with Gasteiger partial charge in [0.2, 0.25) is 0 Å². The van der Waals surface area contributed by atoms with Crippen LogP contribution in [0.4, 0.5) is 0 Å².